The van der Waals surface area contributed by atoms with Crippen LogP contribution in [0.2, 0.25) is 0 Å². The van der Waals surface area contributed by atoms with Crippen LogP contribution in [-0.4, -0.2) is 28.5 Å². The van der Waals surface area contributed by atoms with Crippen molar-refractivity contribution in [2.24, 2.45) is 5.92 Å². The van der Waals surface area contributed by atoms with E-state index in [1.54, 1.807) is 18.2 Å². The molecule has 0 aliphatic carbocycles. The van der Waals surface area contributed by atoms with Crippen LogP contribution in [0.3, 0.4) is 0 Å². The summed E-state index contributed by atoms with van der Waals surface area (Å²) in [5, 5.41) is 9.80. The van der Waals surface area contributed by atoms with E-state index in [9.17, 15) is 9.90 Å². The van der Waals surface area contributed by atoms with E-state index in [-0.39, 0.29) is 17.7 Å². The Morgan fingerprint density at radius 3 is 2.71 bits per heavy atom. The molecule has 1 aliphatic heterocycles. The number of hydrogen-bond acceptors (Lipinski definition) is 2. The van der Waals surface area contributed by atoms with E-state index in [0.29, 0.717) is 11.5 Å². The number of aromatic hydroxyl groups is 1. The summed E-state index contributed by atoms with van der Waals surface area (Å²) in [4.78, 5) is 14.1. The molecule has 1 aromatic carbocycles. The van der Waals surface area contributed by atoms with Gasteiger partial charge in [-0.15, -0.1) is 0 Å². The van der Waals surface area contributed by atoms with Crippen molar-refractivity contribution in [2.75, 3.05) is 6.54 Å². The fourth-order valence-corrected chi connectivity index (χ4v) is 2.77. The molecule has 4 heteroatoms. The van der Waals surface area contributed by atoms with Gasteiger partial charge in [0.25, 0.3) is 5.91 Å². The Labute approximate surface area is 110 Å². The standard InChI is InChI=1S/C13H16BrNO2/c1-8-5-9(2)15(7-8)13(17)11-4-3-10(14)6-12(11)16/h3-4,6,8-9,16H,5,7H2,1-2H3. The minimum Gasteiger partial charge on any atom is -0.507 e. The third kappa shape index (κ3) is 2.46. The van der Waals surface area contributed by atoms with Gasteiger partial charge in [-0.2, -0.15) is 0 Å². The maximum atomic E-state index is 12.3. The van der Waals surface area contributed by atoms with Gasteiger partial charge in [0.1, 0.15) is 5.75 Å². The molecule has 0 aromatic heterocycles. The largest absolute Gasteiger partial charge is 0.507 e. The van der Waals surface area contributed by atoms with Crippen LogP contribution in [0.15, 0.2) is 22.7 Å². The van der Waals surface area contributed by atoms with E-state index >= 15 is 0 Å². The molecule has 1 fully saturated rings. The van der Waals surface area contributed by atoms with Crippen LogP contribution < -0.4 is 0 Å². The molecular formula is C13H16BrNO2. The van der Waals surface area contributed by atoms with Gasteiger partial charge in [-0.05, 0) is 37.5 Å². The lowest BCUT2D eigenvalue weighted by Crippen LogP contribution is -2.33. The Bertz CT molecular complexity index is 447. The van der Waals surface area contributed by atoms with Crippen molar-refractivity contribution < 1.29 is 9.90 Å². The molecule has 0 spiro atoms. The Morgan fingerprint density at radius 1 is 1.47 bits per heavy atom. The summed E-state index contributed by atoms with van der Waals surface area (Å²) in [6, 6.07) is 5.24. The first-order chi connectivity index (χ1) is 7.99. The van der Waals surface area contributed by atoms with Gasteiger partial charge in [-0.25, -0.2) is 0 Å². The van der Waals surface area contributed by atoms with Gasteiger partial charge in [0.2, 0.25) is 0 Å². The third-order valence-corrected chi connectivity index (χ3v) is 3.73. The summed E-state index contributed by atoms with van der Waals surface area (Å²) < 4.78 is 0.773. The van der Waals surface area contributed by atoms with Crippen LogP contribution in [0, 0.1) is 5.92 Å². The molecule has 1 amide bonds. The number of carbonyl (C=O) groups is 1. The monoisotopic (exact) mass is 297 g/mol. The zero-order valence-corrected chi connectivity index (χ0v) is 11.6. The van der Waals surface area contributed by atoms with Crippen molar-refractivity contribution in [1.29, 1.82) is 0 Å². The van der Waals surface area contributed by atoms with Crippen molar-refractivity contribution in [3.8, 4) is 5.75 Å². The van der Waals surface area contributed by atoms with E-state index in [4.69, 9.17) is 0 Å². The van der Waals surface area contributed by atoms with Crippen molar-refractivity contribution in [3.63, 3.8) is 0 Å². The van der Waals surface area contributed by atoms with Gasteiger partial charge in [-0.1, -0.05) is 22.9 Å². The first kappa shape index (κ1) is 12.4. The highest BCUT2D eigenvalue weighted by Gasteiger charge is 2.31. The van der Waals surface area contributed by atoms with Crippen molar-refractivity contribution in [3.05, 3.63) is 28.2 Å². The summed E-state index contributed by atoms with van der Waals surface area (Å²) in [5.41, 5.74) is 0.383. The molecule has 1 saturated heterocycles. The highest BCUT2D eigenvalue weighted by Crippen LogP contribution is 2.28. The van der Waals surface area contributed by atoms with E-state index in [1.807, 2.05) is 4.90 Å². The van der Waals surface area contributed by atoms with E-state index in [2.05, 4.69) is 29.8 Å². The second-order valence-corrected chi connectivity index (χ2v) is 5.72. The minimum absolute atomic E-state index is 0.0381. The Morgan fingerprint density at radius 2 is 2.18 bits per heavy atom. The van der Waals surface area contributed by atoms with Crippen LogP contribution >= 0.6 is 15.9 Å². The smallest absolute Gasteiger partial charge is 0.257 e. The Balaban J connectivity index is 2.25. The van der Waals surface area contributed by atoms with E-state index < -0.39 is 0 Å². The maximum Gasteiger partial charge on any atom is 0.257 e. The fraction of sp³-hybridized carbons (Fsp3) is 0.462. The summed E-state index contributed by atoms with van der Waals surface area (Å²) in [5.74, 6) is 0.495. The molecule has 0 bridgehead atoms. The topological polar surface area (TPSA) is 40.5 Å². The third-order valence-electron chi connectivity index (χ3n) is 3.23. The van der Waals surface area contributed by atoms with Crippen LogP contribution in [0.25, 0.3) is 0 Å². The molecule has 1 aromatic rings. The van der Waals surface area contributed by atoms with Crippen LogP contribution in [0.4, 0.5) is 0 Å². The van der Waals surface area contributed by atoms with Gasteiger partial charge >= 0.3 is 0 Å². The minimum atomic E-state index is -0.0770. The van der Waals surface area contributed by atoms with Crippen molar-refractivity contribution >= 4 is 21.8 Å². The maximum absolute atomic E-state index is 12.3. The number of rotatable bonds is 1. The molecule has 1 aliphatic rings. The number of hydrogen-bond donors (Lipinski definition) is 1. The number of phenols is 1. The number of amides is 1. The molecule has 92 valence electrons. The second kappa shape index (κ2) is 4.69. The zero-order valence-electron chi connectivity index (χ0n) is 9.98. The lowest BCUT2D eigenvalue weighted by Gasteiger charge is -2.22. The molecule has 1 heterocycles. The molecule has 2 atom stereocenters. The lowest BCUT2D eigenvalue weighted by atomic mass is 10.1. The van der Waals surface area contributed by atoms with Gasteiger partial charge in [-0.3, -0.25) is 4.79 Å². The quantitative estimate of drug-likeness (QED) is 0.865. The van der Waals surface area contributed by atoms with Gasteiger partial charge < -0.3 is 10.0 Å². The first-order valence-electron chi connectivity index (χ1n) is 5.78. The average molecular weight is 298 g/mol. The molecule has 0 radical (unpaired) electrons. The molecule has 2 rings (SSSR count). The van der Waals surface area contributed by atoms with Crippen molar-refractivity contribution in [1.82, 2.24) is 4.90 Å². The summed E-state index contributed by atoms with van der Waals surface area (Å²) in [6.07, 6.45) is 1.03. The molecular weight excluding hydrogens is 282 g/mol. The number of phenolic OH excluding ortho intramolecular Hbond substituents is 1. The number of nitrogens with zero attached hydrogens (tertiary/aromatic N) is 1. The van der Waals surface area contributed by atoms with E-state index in [0.717, 1.165) is 17.4 Å². The van der Waals surface area contributed by atoms with Gasteiger partial charge in [0, 0.05) is 17.1 Å². The first-order valence-corrected chi connectivity index (χ1v) is 6.58. The van der Waals surface area contributed by atoms with E-state index in [1.165, 1.54) is 0 Å². The van der Waals surface area contributed by atoms with Crippen molar-refractivity contribution in [2.45, 2.75) is 26.3 Å². The Hall–Kier alpha value is -1.03. The van der Waals surface area contributed by atoms with Gasteiger partial charge in [0.15, 0.2) is 0 Å². The van der Waals surface area contributed by atoms with Crippen LogP contribution in [0.5, 0.6) is 5.75 Å². The van der Waals surface area contributed by atoms with Gasteiger partial charge in [0.05, 0.1) is 5.56 Å². The molecule has 2 unspecified atom stereocenters. The average Bonchev–Trinajstić information content (AvgIpc) is 2.57. The normalized spacial score (nSPS) is 24.1. The second-order valence-electron chi connectivity index (χ2n) is 4.81. The Kier molecular flexibility index (Phi) is 3.43. The summed E-state index contributed by atoms with van der Waals surface area (Å²) in [7, 11) is 0. The highest BCUT2D eigenvalue weighted by atomic mass is 79.9. The molecule has 17 heavy (non-hydrogen) atoms. The number of halogens is 1. The summed E-state index contributed by atoms with van der Waals surface area (Å²) in [6.45, 7) is 4.97. The van der Waals surface area contributed by atoms with Crippen LogP contribution in [0.1, 0.15) is 30.6 Å². The molecule has 0 saturated carbocycles. The zero-order chi connectivity index (χ0) is 12.6. The van der Waals surface area contributed by atoms with Crippen LogP contribution in [-0.2, 0) is 0 Å². The number of likely N-dealkylation sites (tertiary alicyclic amines) is 1. The predicted octanol–water partition coefficient (Wildman–Crippen LogP) is 3.03. The highest BCUT2D eigenvalue weighted by molar-refractivity contribution is 9.10. The lowest BCUT2D eigenvalue weighted by molar-refractivity contribution is 0.0740. The predicted molar refractivity (Wildman–Crippen MR) is 70.1 cm³/mol. The number of carbonyl (C=O) groups excluding carboxylic acids is 1. The fourth-order valence-electron chi connectivity index (χ4n) is 2.42. The number of benzene rings is 1. The SMILES string of the molecule is CC1CC(C)N(C(=O)c2ccc(Br)cc2O)C1. The molecule has 3 nitrogen and oxygen atoms in total. The molecule has 1 N–H and O–H groups in total. The summed E-state index contributed by atoms with van der Waals surface area (Å²) >= 11 is 3.27.